The summed E-state index contributed by atoms with van der Waals surface area (Å²) in [5.41, 5.74) is 1.51. The molecule has 2 heterocycles. The lowest BCUT2D eigenvalue weighted by molar-refractivity contribution is 0.509. The fourth-order valence-corrected chi connectivity index (χ4v) is 4.00. The first-order chi connectivity index (χ1) is 8.79. The molecule has 0 saturated carbocycles. The lowest BCUT2D eigenvalue weighted by Crippen LogP contribution is -2.09. The van der Waals surface area contributed by atoms with Crippen LogP contribution >= 0.6 is 11.3 Å². The van der Waals surface area contributed by atoms with Gasteiger partial charge in [0, 0.05) is 11.4 Å². The fourth-order valence-electron chi connectivity index (χ4n) is 2.65. The first-order valence-corrected chi connectivity index (χ1v) is 7.60. The lowest BCUT2D eigenvalue weighted by Gasteiger charge is -2.18. The topological polar surface area (TPSA) is 37.8 Å². The second-order valence-corrected chi connectivity index (χ2v) is 6.26. The van der Waals surface area contributed by atoms with Crippen LogP contribution in [0.25, 0.3) is 10.2 Å². The van der Waals surface area contributed by atoms with Crippen molar-refractivity contribution < 1.29 is 0 Å². The highest BCUT2D eigenvalue weighted by Crippen LogP contribution is 2.39. The van der Waals surface area contributed by atoms with E-state index in [0.717, 1.165) is 29.5 Å². The van der Waals surface area contributed by atoms with E-state index in [1.54, 1.807) is 6.33 Å². The number of nitrogens with zero attached hydrogens (tertiary/aromatic N) is 2. The molecule has 3 nitrogen and oxygen atoms in total. The average molecular weight is 261 g/mol. The van der Waals surface area contributed by atoms with Crippen LogP contribution in [-0.4, -0.2) is 16.5 Å². The third-order valence-corrected chi connectivity index (χ3v) is 4.80. The van der Waals surface area contributed by atoms with Crippen molar-refractivity contribution in [3.63, 3.8) is 0 Å². The van der Waals surface area contributed by atoms with Crippen molar-refractivity contribution in [2.75, 3.05) is 11.9 Å². The Balaban J connectivity index is 2.09. The first kappa shape index (κ1) is 11.9. The largest absolute Gasteiger partial charge is 0.369 e. The minimum Gasteiger partial charge on any atom is -0.369 e. The number of hydrogen-bond acceptors (Lipinski definition) is 4. The number of rotatable bonds is 3. The molecule has 18 heavy (non-hydrogen) atoms. The molecule has 0 aliphatic heterocycles. The number of fused-ring (bicyclic) bond motifs is 3. The van der Waals surface area contributed by atoms with Gasteiger partial charge < -0.3 is 5.32 Å². The van der Waals surface area contributed by atoms with Crippen molar-refractivity contribution in [2.45, 2.75) is 39.5 Å². The van der Waals surface area contributed by atoms with Gasteiger partial charge in [0.1, 0.15) is 17.0 Å². The van der Waals surface area contributed by atoms with Crippen molar-refractivity contribution in [1.82, 2.24) is 9.97 Å². The maximum atomic E-state index is 4.45. The van der Waals surface area contributed by atoms with Crippen LogP contribution in [-0.2, 0) is 12.8 Å². The number of thiophene rings is 1. The van der Waals surface area contributed by atoms with Gasteiger partial charge in [0.05, 0.1) is 5.39 Å². The molecule has 0 fully saturated rings. The zero-order valence-corrected chi connectivity index (χ0v) is 11.8. The van der Waals surface area contributed by atoms with Gasteiger partial charge in [-0.05, 0) is 37.2 Å². The van der Waals surface area contributed by atoms with Gasteiger partial charge in [-0.2, -0.15) is 0 Å². The molecule has 0 saturated heterocycles. The number of anilines is 1. The molecule has 2 aromatic heterocycles. The fraction of sp³-hybridized carbons (Fsp3) is 0.571. The average Bonchev–Trinajstić information content (AvgIpc) is 2.73. The highest BCUT2D eigenvalue weighted by atomic mass is 32.1. The van der Waals surface area contributed by atoms with Crippen LogP contribution in [0.1, 0.15) is 37.1 Å². The highest BCUT2D eigenvalue weighted by Gasteiger charge is 2.22. The Morgan fingerprint density at radius 2 is 2.33 bits per heavy atom. The molecule has 0 unspecified atom stereocenters. The van der Waals surface area contributed by atoms with E-state index in [4.69, 9.17) is 0 Å². The Kier molecular flexibility index (Phi) is 3.20. The Labute approximate surface area is 112 Å². The van der Waals surface area contributed by atoms with Crippen LogP contribution in [0.5, 0.6) is 0 Å². The molecule has 96 valence electrons. The Morgan fingerprint density at radius 1 is 1.44 bits per heavy atom. The summed E-state index contributed by atoms with van der Waals surface area (Å²) in [6, 6.07) is 0. The smallest absolute Gasteiger partial charge is 0.138 e. The van der Waals surface area contributed by atoms with Gasteiger partial charge in [0.15, 0.2) is 0 Å². The van der Waals surface area contributed by atoms with E-state index in [2.05, 4.69) is 29.1 Å². The summed E-state index contributed by atoms with van der Waals surface area (Å²) in [6.07, 6.45) is 6.50. The summed E-state index contributed by atoms with van der Waals surface area (Å²) in [5.74, 6) is 1.85. The molecule has 1 atom stereocenters. The van der Waals surface area contributed by atoms with Gasteiger partial charge >= 0.3 is 0 Å². The normalized spacial score (nSPS) is 18.9. The highest BCUT2D eigenvalue weighted by molar-refractivity contribution is 7.19. The van der Waals surface area contributed by atoms with Crippen LogP contribution in [0.4, 0.5) is 5.82 Å². The summed E-state index contributed by atoms with van der Waals surface area (Å²) in [7, 11) is 0. The van der Waals surface area contributed by atoms with Crippen LogP contribution in [0.15, 0.2) is 6.33 Å². The van der Waals surface area contributed by atoms with E-state index < -0.39 is 0 Å². The third kappa shape index (κ3) is 1.99. The zero-order valence-electron chi connectivity index (χ0n) is 11.0. The second-order valence-electron chi connectivity index (χ2n) is 5.18. The maximum absolute atomic E-state index is 4.45. The molecule has 1 N–H and O–H groups in total. The van der Waals surface area contributed by atoms with Gasteiger partial charge in [-0.15, -0.1) is 11.3 Å². The molecular formula is C14H19N3S. The molecule has 0 aromatic carbocycles. The summed E-state index contributed by atoms with van der Waals surface area (Å²) >= 11 is 1.86. The van der Waals surface area contributed by atoms with Crippen LogP contribution in [0.3, 0.4) is 0 Å². The number of nitrogens with one attached hydrogen (secondary N) is 1. The van der Waals surface area contributed by atoms with Gasteiger partial charge in [-0.3, -0.25) is 0 Å². The predicted octanol–water partition coefficient (Wildman–Crippen LogP) is 3.64. The second kappa shape index (κ2) is 4.84. The number of hydrogen-bond donors (Lipinski definition) is 1. The van der Waals surface area contributed by atoms with Gasteiger partial charge in [0.25, 0.3) is 0 Å². The van der Waals surface area contributed by atoms with E-state index in [1.165, 1.54) is 35.1 Å². The Morgan fingerprint density at radius 3 is 3.17 bits per heavy atom. The molecule has 1 aliphatic rings. The van der Waals surface area contributed by atoms with E-state index in [0.29, 0.717) is 0 Å². The van der Waals surface area contributed by atoms with Gasteiger partial charge in [0.2, 0.25) is 0 Å². The molecular weight excluding hydrogens is 242 g/mol. The minimum absolute atomic E-state index is 0.811. The van der Waals surface area contributed by atoms with Crippen molar-refractivity contribution in [3.05, 3.63) is 16.8 Å². The molecule has 0 spiro atoms. The Hall–Kier alpha value is -1.16. The quantitative estimate of drug-likeness (QED) is 0.916. The monoisotopic (exact) mass is 261 g/mol. The summed E-state index contributed by atoms with van der Waals surface area (Å²) in [6.45, 7) is 5.50. The summed E-state index contributed by atoms with van der Waals surface area (Å²) < 4.78 is 0. The number of aryl methyl sites for hydroxylation is 1. The van der Waals surface area contributed by atoms with E-state index in [-0.39, 0.29) is 0 Å². The first-order valence-electron chi connectivity index (χ1n) is 6.78. The standard InChI is InChI=1S/C14H19N3S/c1-3-6-15-13-12-10-5-4-9(2)7-11(10)18-14(12)17-8-16-13/h8-9H,3-7H2,1-2H3,(H,15,16,17)/t9-/m0/s1. The van der Waals surface area contributed by atoms with E-state index in [1.807, 2.05) is 11.3 Å². The zero-order chi connectivity index (χ0) is 12.5. The van der Waals surface area contributed by atoms with Crippen LogP contribution in [0, 0.1) is 5.92 Å². The van der Waals surface area contributed by atoms with Crippen LogP contribution in [0.2, 0.25) is 0 Å². The van der Waals surface area contributed by atoms with E-state index >= 15 is 0 Å². The summed E-state index contributed by atoms with van der Waals surface area (Å²) in [5, 5.41) is 4.73. The van der Waals surface area contributed by atoms with Crippen LogP contribution < -0.4 is 5.32 Å². The van der Waals surface area contributed by atoms with Crippen molar-refractivity contribution in [2.24, 2.45) is 5.92 Å². The van der Waals surface area contributed by atoms with Crippen molar-refractivity contribution in [3.8, 4) is 0 Å². The van der Waals surface area contributed by atoms with Crippen molar-refractivity contribution in [1.29, 1.82) is 0 Å². The van der Waals surface area contributed by atoms with Gasteiger partial charge in [-0.25, -0.2) is 9.97 Å². The van der Waals surface area contributed by atoms with E-state index in [9.17, 15) is 0 Å². The predicted molar refractivity (Wildman–Crippen MR) is 77.4 cm³/mol. The Bertz CT molecular complexity index is 561. The molecule has 0 bridgehead atoms. The maximum Gasteiger partial charge on any atom is 0.138 e. The third-order valence-electron chi connectivity index (χ3n) is 3.63. The SMILES string of the molecule is CCCNc1ncnc2sc3c(c12)CC[C@H](C)C3. The molecule has 1 aliphatic carbocycles. The lowest BCUT2D eigenvalue weighted by atomic mass is 9.89. The molecule has 2 aromatic rings. The minimum atomic E-state index is 0.811. The summed E-state index contributed by atoms with van der Waals surface area (Å²) in [4.78, 5) is 11.6. The van der Waals surface area contributed by atoms with Gasteiger partial charge in [-0.1, -0.05) is 13.8 Å². The molecule has 0 radical (unpaired) electrons. The molecule has 4 heteroatoms. The molecule has 3 rings (SSSR count). The molecule has 0 amide bonds. The number of aromatic nitrogens is 2. The van der Waals surface area contributed by atoms with Crippen molar-refractivity contribution >= 4 is 27.4 Å².